The number of esters is 2. The number of hydrogen-bond acceptors (Lipinski definition) is 8. The molecule has 9 nitrogen and oxygen atoms in total. The van der Waals surface area contributed by atoms with E-state index in [0.717, 1.165) is 96.3 Å². The molecule has 0 saturated heterocycles. The lowest BCUT2D eigenvalue weighted by atomic mass is 10.0. The largest absolute Gasteiger partial charge is 0.756 e. The summed E-state index contributed by atoms with van der Waals surface area (Å²) in [7, 11) is 1.18. The predicted octanol–water partition coefficient (Wildman–Crippen LogP) is 27.9. The van der Waals surface area contributed by atoms with E-state index >= 15 is 0 Å². The number of phosphoric acid groups is 1. The Bertz CT molecular complexity index is 2110. The summed E-state index contributed by atoms with van der Waals surface area (Å²) in [5, 5.41) is 0. The van der Waals surface area contributed by atoms with Crippen molar-refractivity contribution < 1.29 is 42.1 Å². The van der Waals surface area contributed by atoms with Gasteiger partial charge in [-0.3, -0.25) is 14.2 Å². The van der Waals surface area contributed by atoms with Crippen LogP contribution in [0.25, 0.3) is 0 Å². The molecular weight excluding hydrogens is 1250 g/mol. The third kappa shape index (κ3) is 83.4. The Morgan fingerprint density at radius 3 is 0.800 bits per heavy atom. The number of carbonyl (C=O) groups excluding carboxylic acids is 2. The minimum atomic E-state index is -4.65. The SMILES string of the molecule is CC/C=C\C/C=C\C/C=C\C/C=C\C/C=C\CCCCCCCCCCCCCCCCCCCCCCCCCCCC(=O)OC(COC(=O)CCCCCCCCCCCCCCCCCCCCC/C=C\C/C=C\C/C=C\C/C=C\C/C=C\CC)COP(=O)([O-])OCC[N+](C)(C)C. The first-order valence-electron chi connectivity index (χ1n) is 42.2. The molecule has 0 radical (unpaired) electrons. The van der Waals surface area contributed by atoms with E-state index in [-0.39, 0.29) is 32.0 Å². The number of unbranched alkanes of at least 4 members (excludes halogenated alkanes) is 44. The maximum Gasteiger partial charge on any atom is 0.306 e. The van der Waals surface area contributed by atoms with Gasteiger partial charge >= 0.3 is 11.9 Å². The lowest BCUT2D eigenvalue weighted by Crippen LogP contribution is -2.37. The fourth-order valence-electron chi connectivity index (χ4n) is 12.1. The normalized spacial score (nSPS) is 13.6. The van der Waals surface area contributed by atoms with Crippen molar-refractivity contribution in [2.24, 2.45) is 0 Å². The molecule has 578 valence electrons. The van der Waals surface area contributed by atoms with E-state index in [1.54, 1.807) is 0 Å². The number of nitrogens with zero attached hydrogens (tertiary/aromatic N) is 1. The molecule has 0 aromatic rings. The Morgan fingerprint density at radius 2 is 0.540 bits per heavy atom. The summed E-state index contributed by atoms with van der Waals surface area (Å²) in [6.07, 6.45) is 115. The van der Waals surface area contributed by atoms with E-state index in [1.807, 2.05) is 21.1 Å². The van der Waals surface area contributed by atoms with Crippen molar-refractivity contribution in [1.29, 1.82) is 0 Å². The zero-order valence-electron chi connectivity index (χ0n) is 66.1. The minimum Gasteiger partial charge on any atom is -0.756 e. The smallest absolute Gasteiger partial charge is 0.306 e. The molecule has 2 atom stereocenters. The third-order valence-corrected chi connectivity index (χ3v) is 19.4. The van der Waals surface area contributed by atoms with Crippen LogP contribution in [0.15, 0.2) is 122 Å². The number of carbonyl (C=O) groups is 2. The van der Waals surface area contributed by atoms with Gasteiger partial charge in [0.25, 0.3) is 7.82 Å². The second-order valence-electron chi connectivity index (χ2n) is 29.4. The van der Waals surface area contributed by atoms with Gasteiger partial charge in [0.1, 0.15) is 19.8 Å². The van der Waals surface area contributed by atoms with Gasteiger partial charge in [0.2, 0.25) is 0 Å². The van der Waals surface area contributed by atoms with Crippen LogP contribution < -0.4 is 4.89 Å². The Labute approximate surface area is 619 Å². The van der Waals surface area contributed by atoms with Crippen LogP contribution in [0.5, 0.6) is 0 Å². The average Bonchev–Trinajstić information content (AvgIpc) is 1.30. The van der Waals surface area contributed by atoms with E-state index in [4.69, 9.17) is 18.5 Å². The highest BCUT2D eigenvalue weighted by Crippen LogP contribution is 2.38. The Morgan fingerprint density at radius 1 is 0.310 bits per heavy atom. The molecule has 0 aromatic carbocycles. The molecule has 0 fully saturated rings. The number of rotatable bonds is 78. The monoisotopic (exact) mass is 1410 g/mol. The summed E-state index contributed by atoms with van der Waals surface area (Å²) in [5.41, 5.74) is 0. The number of quaternary nitrogens is 1. The van der Waals surface area contributed by atoms with Crippen LogP contribution in [0.2, 0.25) is 0 Å². The summed E-state index contributed by atoms with van der Waals surface area (Å²) in [4.78, 5) is 38.2. The first-order chi connectivity index (χ1) is 49.0. The molecule has 2 unspecified atom stereocenters. The average molecular weight is 1420 g/mol. The first kappa shape index (κ1) is 96.4. The highest BCUT2D eigenvalue weighted by atomic mass is 31.2. The maximum absolute atomic E-state index is 12.9. The summed E-state index contributed by atoms with van der Waals surface area (Å²) >= 11 is 0. The van der Waals surface area contributed by atoms with Gasteiger partial charge in [0.15, 0.2) is 6.10 Å². The van der Waals surface area contributed by atoms with Gasteiger partial charge in [-0.1, -0.05) is 392 Å². The van der Waals surface area contributed by atoms with Crippen LogP contribution in [0.1, 0.15) is 386 Å². The second-order valence-corrected chi connectivity index (χ2v) is 30.8. The van der Waals surface area contributed by atoms with Gasteiger partial charge in [0, 0.05) is 12.8 Å². The van der Waals surface area contributed by atoms with E-state index in [2.05, 4.69) is 135 Å². The molecule has 0 aromatic heterocycles. The van der Waals surface area contributed by atoms with Gasteiger partial charge in [-0.2, -0.15) is 0 Å². The Balaban J connectivity index is 3.90. The molecule has 10 heteroatoms. The van der Waals surface area contributed by atoms with Gasteiger partial charge in [-0.15, -0.1) is 0 Å². The number of likely N-dealkylation sites (N-methyl/N-ethyl adjacent to an activating group) is 1. The third-order valence-electron chi connectivity index (χ3n) is 18.5. The summed E-state index contributed by atoms with van der Waals surface area (Å²) < 4.78 is 34.5. The van der Waals surface area contributed by atoms with Gasteiger partial charge < -0.3 is 27.9 Å². The van der Waals surface area contributed by atoms with Crippen LogP contribution in [0.4, 0.5) is 0 Å². The van der Waals surface area contributed by atoms with E-state index < -0.39 is 26.5 Å². The van der Waals surface area contributed by atoms with Crippen molar-refractivity contribution in [3.8, 4) is 0 Å². The van der Waals surface area contributed by atoms with E-state index in [1.165, 1.54) is 257 Å². The molecule has 0 amide bonds. The van der Waals surface area contributed by atoms with E-state index in [0.29, 0.717) is 17.4 Å². The molecule has 0 bridgehead atoms. The molecule has 0 spiro atoms. The Kier molecular flexibility index (Phi) is 76.7. The predicted molar refractivity (Wildman–Crippen MR) is 434 cm³/mol. The molecule has 0 aliphatic carbocycles. The number of allylic oxidation sites excluding steroid dienone is 20. The Hall–Kier alpha value is -3.59. The number of ether oxygens (including phenoxy) is 2. The lowest BCUT2D eigenvalue weighted by molar-refractivity contribution is -0.870. The quantitative estimate of drug-likeness (QED) is 0.0195. The summed E-state index contributed by atoms with van der Waals surface area (Å²) in [6, 6.07) is 0. The lowest BCUT2D eigenvalue weighted by Gasteiger charge is -2.28. The van der Waals surface area contributed by atoms with Crippen LogP contribution in [0.3, 0.4) is 0 Å². The molecule has 0 aliphatic heterocycles. The summed E-state index contributed by atoms with van der Waals surface area (Å²) in [6.45, 7) is 4.06. The highest BCUT2D eigenvalue weighted by Gasteiger charge is 2.22. The minimum absolute atomic E-state index is 0.0311. The maximum atomic E-state index is 12.9. The van der Waals surface area contributed by atoms with Crippen molar-refractivity contribution in [3.63, 3.8) is 0 Å². The molecule has 0 aliphatic rings. The zero-order chi connectivity index (χ0) is 72.5. The van der Waals surface area contributed by atoms with Crippen LogP contribution in [0, 0.1) is 0 Å². The van der Waals surface area contributed by atoms with E-state index in [9.17, 15) is 19.0 Å². The van der Waals surface area contributed by atoms with Crippen molar-refractivity contribution >= 4 is 19.8 Å². The second kappa shape index (κ2) is 79.5. The van der Waals surface area contributed by atoms with Crippen molar-refractivity contribution in [2.45, 2.75) is 392 Å². The number of hydrogen-bond donors (Lipinski definition) is 0. The number of phosphoric ester groups is 1. The van der Waals surface area contributed by atoms with Crippen LogP contribution >= 0.6 is 7.82 Å². The van der Waals surface area contributed by atoms with Gasteiger partial charge in [-0.05, 0) is 103 Å². The zero-order valence-corrected chi connectivity index (χ0v) is 67.0. The summed E-state index contributed by atoms with van der Waals surface area (Å²) in [5.74, 6) is -0.815. The molecular formula is C90H160NO8P. The highest BCUT2D eigenvalue weighted by molar-refractivity contribution is 7.45. The molecule has 0 saturated carbocycles. The topological polar surface area (TPSA) is 111 Å². The fraction of sp³-hybridized carbons (Fsp3) is 0.756. The standard InChI is InChI=1S/C90H160NO8P/c1-6-8-10-12-14-16-18-20-22-24-26-28-30-32-34-36-38-40-42-43-44-45-46-47-49-51-53-55-57-59-61-63-65-67-69-71-73-75-77-79-81-83-90(93)99-88(87-98-100(94,95)97-85-84-91(3,4)5)86-96-89(92)82-80-78-76-74-72-70-68-66-64-62-60-58-56-54-52-50-48-41-39-37-35-33-31-29-27-25-23-21-19-17-15-13-11-9-7-2/h8-11,14-17,20-23,26-29,32-35,88H,6-7,12-13,18-19,24-25,30-31,36-87H2,1-5H3/b10-8-,11-9-,16-14-,17-15-,22-20-,23-21-,28-26-,29-27-,34-32-,35-33-. The van der Waals surface area contributed by atoms with Crippen molar-refractivity contribution in [2.75, 3.05) is 47.5 Å². The van der Waals surface area contributed by atoms with Crippen molar-refractivity contribution in [1.82, 2.24) is 0 Å². The molecule has 0 N–H and O–H groups in total. The van der Waals surface area contributed by atoms with Crippen molar-refractivity contribution in [3.05, 3.63) is 122 Å². The first-order valence-corrected chi connectivity index (χ1v) is 43.7. The fourth-order valence-corrected chi connectivity index (χ4v) is 12.9. The van der Waals surface area contributed by atoms with Gasteiger partial charge in [0.05, 0.1) is 27.7 Å². The molecule has 0 heterocycles. The molecule has 100 heavy (non-hydrogen) atoms. The molecule has 0 rings (SSSR count). The van der Waals surface area contributed by atoms with Gasteiger partial charge in [-0.25, -0.2) is 0 Å². The van der Waals surface area contributed by atoms with Crippen LogP contribution in [-0.4, -0.2) is 70.0 Å². The van der Waals surface area contributed by atoms with Crippen LogP contribution in [-0.2, 0) is 32.7 Å².